The molecule has 1 saturated heterocycles. The number of rotatable bonds is 4. The Morgan fingerprint density at radius 2 is 1.95 bits per heavy atom. The Labute approximate surface area is 237 Å². The van der Waals surface area contributed by atoms with Gasteiger partial charge in [0.2, 0.25) is 0 Å². The maximum absolute atomic E-state index is 17.5. The summed E-state index contributed by atoms with van der Waals surface area (Å²) in [6.45, 7) is 3.47. The number of hydroxylamine groups is 2. The average molecular weight is 567 g/mol. The van der Waals surface area contributed by atoms with Crippen LogP contribution < -0.4 is 0 Å². The number of carbonyl (C=O) groups is 2. The van der Waals surface area contributed by atoms with Crippen molar-refractivity contribution in [1.82, 2.24) is 9.63 Å². The fraction of sp³-hybridized carbons (Fsp3) is 0.562. The lowest BCUT2D eigenvalue weighted by Crippen LogP contribution is -2.70. The van der Waals surface area contributed by atoms with Crippen molar-refractivity contribution in [2.45, 2.75) is 63.2 Å². The van der Waals surface area contributed by atoms with Crippen LogP contribution in [0.5, 0.6) is 0 Å². The zero-order valence-electron chi connectivity index (χ0n) is 23.5. The number of aliphatic hydroxyl groups is 2. The number of Topliss-reactive ketones (excluding diaryl/α,β-unsaturated/α-hetero) is 1. The van der Waals surface area contributed by atoms with Crippen molar-refractivity contribution in [2.75, 3.05) is 13.2 Å². The van der Waals surface area contributed by atoms with Gasteiger partial charge < -0.3 is 14.8 Å². The zero-order chi connectivity index (χ0) is 29.1. The Morgan fingerprint density at radius 1 is 1.20 bits per heavy atom. The molecule has 5 aliphatic rings. The number of benzene rings is 1. The van der Waals surface area contributed by atoms with Crippen LogP contribution in [0.3, 0.4) is 0 Å². The van der Waals surface area contributed by atoms with Crippen LogP contribution in [-0.2, 0) is 28.0 Å². The summed E-state index contributed by atoms with van der Waals surface area (Å²) in [5.74, 6) is -2.63. The number of carbonyl (C=O) groups excluding carboxylic acids is 2. The first-order valence-electron chi connectivity index (χ1n) is 14.5. The molecular formula is C32H36F2N2O5. The summed E-state index contributed by atoms with van der Waals surface area (Å²) >= 11 is 0. The third-order valence-corrected chi connectivity index (χ3v) is 11.6. The van der Waals surface area contributed by atoms with Crippen LogP contribution in [0.15, 0.2) is 54.3 Å². The number of halogens is 2. The molecule has 2 N–H and O–H groups in total. The van der Waals surface area contributed by atoms with Gasteiger partial charge in [0.05, 0.1) is 12.6 Å². The Morgan fingerprint density at radius 3 is 2.71 bits per heavy atom. The monoisotopic (exact) mass is 566 g/mol. The molecule has 4 aliphatic carbocycles. The molecule has 41 heavy (non-hydrogen) atoms. The number of hydrogen-bond donors (Lipinski definition) is 2. The highest BCUT2D eigenvalue weighted by molar-refractivity contribution is 6.01. The van der Waals surface area contributed by atoms with Crippen molar-refractivity contribution >= 4 is 22.5 Å². The van der Waals surface area contributed by atoms with Gasteiger partial charge in [0, 0.05) is 53.4 Å². The van der Waals surface area contributed by atoms with Crippen LogP contribution in [0, 0.1) is 28.6 Å². The molecule has 0 radical (unpaired) electrons. The Kier molecular flexibility index (Phi) is 5.73. The maximum Gasteiger partial charge on any atom is 0.192 e. The second-order valence-corrected chi connectivity index (χ2v) is 13.3. The van der Waals surface area contributed by atoms with Crippen molar-refractivity contribution in [2.24, 2.45) is 35.6 Å². The van der Waals surface area contributed by atoms with E-state index in [0.29, 0.717) is 19.5 Å². The number of aryl methyl sites for hydroxylation is 1. The van der Waals surface area contributed by atoms with Crippen LogP contribution in [0.25, 0.3) is 10.9 Å². The van der Waals surface area contributed by atoms with Crippen molar-refractivity contribution in [3.63, 3.8) is 0 Å². The van der Waals surface area contributed by atoms with Gasteiger partial charge in [-0.05, 0) is 61.5 Å². The molecule has 1 aromatic carbocycles. The zero-order valence-corrected chi connectivity index (χ0v) is 23.5. The molecule has 9 heteroatoms. The normalized spacial score (nSPS) is 43.4. The molecule has 7 nitrogen and oxygen atoms in total. The summed E-state index contributed by atoms with van der Waals surface area (Å²) < 4.78 is 35.4. The highest BCUT2D eigenvalue weighted by Gasteiger charge is 2.79. The van der Waals surface area contributed by atoms with E-state index in [9.17, 15) is 19.8 Å². The molecule has 1 unspecified atom stereocenters. The number of hydrogen-bond acceptors (Lipinski definition) is 6. The summed E-state index contributed by atoms with van der Waals surface area (Å²) in [4.78, 5) is 32.4. The highest BCUT2D eigenvalue weighted by Crippen LogP contribution is 2.72. The highest BCUT2D eigenvalue weighted by atomic mass is 19.1. The third kappa shape index (κ3) is 3.21. The third-order valence-electron chi connectivity index (χ3n) is 11.6. The number of ketones is 2. The first kappa shape index (κ1) is 27.1. The second kappa shape index (κ2) is 8.66. The smallest absolute Gasteiger partial charge is 0.192 e. The molecule has 1 aromatic heterocycles. The quantitative estimate of drug-likeness (QED) is 0.586. The van der Waals surface area contributed by atoms with Crippen molar-refractivity contribution in [3.8, 4) is 0 Å². The Bertz CT molecular complexity index is 1530. The Balaban J connectivity index is 1.27. The van der Waals surface area contributed by atoms with Crippen LogP contribution in [0.1, 0.15) is 38.7 Å². The Hall–Kier alpha value is -2.72. The molecule has 0 amide bonds. The number of fused-ring (bicyclic) bond motifs is 8. The number of alkyl halides is 2. The van der Waals surface area contributed by atoms with Crippen LogP contribution in [-0.4, -0.2) is 68.1 Å². The van der Waals surface area contributed by atoms with Gasteiger partial charge in [0.1, 0.15) is 12.8 Å². The lowest BCUT2D eigenvalue weighted by molar-refractivity contribution is -0.269. The number of nitrogens with zero attached hydrogens (tertiary/aromatic N) is 2. The van der Waals surface area contributed by atoms with E-state index >= 15 is 8.78 Å². The van der Waals surface area contributed by atoms with E-state index in [1.54, 1.807) is 12.0 Å². The molecular weight excluding hydrogens is 530 g/mol. The fourth-order valence-electron chi connectivity index (χ4n) is 9.78. The van der Waals surface area contributed by atoms with E-state index in [4.69, 9.17) is 4.84 Å². The number of aromatic nitrogens is 1. The molecule has 2 aromatic rings. The lowest BCUT2D eigenvalue weighted by atomic mass is 9.44. The SMILES string of the molecule is Cn1cc(CN2C[C@@H]3C[C@H]4[C@@H]5C[C@H](F)C6=CC(=O)C=C[C@]6(C)[C@@]5(F)[C@@H](O)CC4(C)[C@]3(C(=O)CO)O2)c2ccccc21. The van der Waals surface area contributed by atoms with Gasteiger partial charge in [-0.2, -0.15) is 5.06 Å². The van der Waals surface area contributed by atoms with Crippen LogP contribution in [0.2, 0.25) is 0 Å². The summed E-state index contributed by atoms with van der Waals surface area (Å²) in [6.07, 6.45) is 2.93. The van der Waals surface area contributed by atoms with Gasteiger partial charge in [0.25, 0.3) is 0 Å². The topological polar surface area (TPSA) is 92.0 Å². The summed E-state index contributed by atoms with van der Waals surface area (Å²) in [5.41, 5.74) is -4.06. The van der Waals surface area contributed by atoms with Gasteiger partial charge >= 0.3 is 0 Å². The van der Waals surface area contributed by atoms with E-state index in [2.05, 4.69) is 0 Å². The molecule has 0 spiro atoms. The summed E-state index contributed by atoms with van der Waals surface area (Å²) in [6, 6.07) is 8.03. The molecule has 3 saturated carbocycles. The maximum atomic E-state index is 17.5. The van der Waals surface area contributed by atoms with E-state index in [0.717, 1.165) is 16.5 Å². The number of para-hydroxylation sites is 1. The predicted molar refractivity (Wildman–Crippen MR) is 147 cm³/mol. The predicted octanol–water partition coefficient (Wildman–Crippen LogP) is 3.77. The van der Waals surface area contributed by atoms with E-state index in [-0.39, 0.29) is 30.1 Å². The molecule has 9 atom stereocenters. The van der Waals surface area contributed by atoms with E-state index in [1.807, 2.05) is 49.0 Å². The molecule has 1 aliphatic heterocycles. The van der Waals surface area contributed by atoms with Gasteiger partial charge in [-0.3, -0.25) is 14.4 Å². The van der Waals surface area contributed by atoms with Crippen molar-refractivity contribution in [1.29, 1.82) is 0 Å². The minimum atomic E-state index is -2.23. The van der Waals surface area contributed by atoms with Gasteiger partial charge in [0.15, 0.2) is 22.8 Å². The molecule has 218 valence electrons. The average Bonchev–Trinajstić information content (AvgIpc) is 3.54. The van der Waals surface area contributed by atoms with Crippen LogP contribution >= 0.6 is 0 Å². The van der Waals surface area contributed by atoms with Gasteiger partial charge in [-0.15, -0.1) is 0 Å². The minimum Gasteiger partial charge on any atom is -0.390 e. The molecule has 0 bridgehead atoms. The molecule has 7 rings (SSSR count). The fourth-order valence-corrected chi connectivity index (χ4v) is 9.78. The lowest BCUT2D eigenvalue weighted by Gasteiger charge is -2.63. The van der Waals surface area contributed by atoms with Crippen molar-refractivity contribution < 1.29 is 33.4 Å². The largest absolute Gasteiger partial charge is 0.390 e. The first-order chi connectivity index (χ1) is 19.4. The van der Waals surface area contributed by atoms with E-state index < -0.39 is 58.6 Å². The molecule has 2 heterocycles. The number of aliphatic hydroxyl groups excluding tert-OH is 2. The van der Waals surface area contributed by atoms with Gasteiger partial charge in [-0.25, -0.2) is 8.78 Å². The number of allylic oxidation sites excluding steroid dienone is 4. The first-order valence-corrected chi connectivity index (χ1v) is 14.5. The second-order valence-electron chi connectivity index (χ2n) is 13.3. The summed E-state index contributed by atoms with van der Waals surface area (Å²) in [5, 5.41) is 24.7. The van der Waals surface area contributed by atoms with Gasteiger partial charge in [-0.1, -0.05) is 31.2 Å². The minimum absolute atomic E-state index is 0.0725. The van der Waals surface area contributed by atoms with Crippen LogP contribution in [0.4, 0.5) is 8.78 Å². The van der Waals surface area contributed by atoms with E-state index in [1.165, 1.54) is 18.2 Å². The van der Waals surface area contributed by atoms with Crippen molar-refractivity contribution in [3.05, 3.63) is 59.8 Å². The molecule has 4 fully saturated rings. The summed E-state index contributed by atoms with van der Waals surface area (Å²) in [7, 11) is 1.97. The standard InChI is InChI=1S/C32H36F2N2O5/c1-29-9-8-20(38)11-24(29)25(33)12-23-22-10-19-16-36(15-18-14-35(3)26-7-5-4-6-21(18)26)41-32(19,28(40)17-37)30(22,2)13-27(39)31(23,29)34/h4-9,11,14,19,22-23,25,27,37,39H,10,12-13,15-17H2,1-3H3/t19-,22-,23-,25-,27-,29-,30?,31-,32-/m0/s1.